The van der Waals surface area contributed by atoms with Gasteiger partial charge in [-0.15, -0.1) is 0 Å². The van der Waals surface area contributed by atoms with Crippen LogP contribution in [-0.2, 0) is 11.3 Å². The van der Waals surface area contributed by atoms with Crippen LogP contribution in [0.25, 0.3) is 0 Å². The first-order valence-electron chi connectivity index (χ1n) is 8.32. The highest BCUT2D eigenvalue weighted by Gasteiger charge is 2.40. The number of ether oxygens (including phenoxy) is 1. The highest BCUT2D eigenvalue weighted by atomic mass is 32.1. The van der Waals surface area contributed by atoms with Gasteiger partial charge in [-0.1, -0.05) is 0 Å². The Morgan fingerprint density at radius 3 is 2.71 bits per heavy atom. The molecule has 5 nitrogen and oxygen atoms in total. The smallest absolute Gasteiger partial charge is 0.225 e. The van der Waals surface area contributed by atoms with Gasteiger partial charge in [0.2, 0.25) is 5.95 Å². The lowest BCUT2D eigenvalue weighted by atomic mass is 9.89. The molecule has 0 aromatic carbocycles. The molecular weight excluding hydrogens is 327 g/mol. The fourth-order valence-electron chi connectivity index (χ4n) is 3.55. The highest BCUT2D eigenvalue weighted by Crippen LogP contribution is 2.31. The van der Waals surface area contributed by atoms with E-state index in [2.05, 4.69) is 36.6 Å². The van der Waals surface area contributed by atoms with Gasteiger partial charge >= 0.3 is 0 Å². The van der Waals surface area contributed by atoms with Gasteiger partial charge in [-0.25, -0.2) is 14.4 Å². The summed E-state index contributed by atoms with van der Waals surface area (Å²) in [5.41, 5.74) is 1.27. The molecule has 24 heavy (non-hydrogen) atoms. The highest BCUT2D eigenvalue weighted by molar-refractivity contribution is 7.07. The lowest BCUT2D eigenvalue weighted by Gasteiger charge is -2.47. The van der Waals surface area contributed by atoms with E-state index in [1.165, 1.54) is 18.0 Å². The largest absolute Gasteiger partial charge is 0.371 e. The van der Waals surface area contributed by atoms with Crippen LogP contribution in [0.5, 0.6) is 0 Å². The summed E-state index contributed by atoms with van der Waals surface area (Å²) in [6, 6.07) is 2.19. The Bertz CT molecular complexity index is 656. The van der Waals surface area contributed by atoms with Crippen LogP contribution in [0.4, 0.5) is 10.3 Å². The fourth-order valence-corrected chi connectivity index (χ4v) is 4.21. The maximum Gasteiger partial charge on any atom is 0.225 e. The molecule has 2 aromatic rings. The van der Waals surface area contributed by atoms with E-state index in [9.17, 15) is 4.39 Å². The minimum Gasteiger partial charge on any atom is -0.371 e. The number of hydrogen-bond donors (Lipinski definition) is 0. The van der Waals surface area contributed by atoms with Gasteiger partial charge in [-0.2, -0.15) is 11.3 Å². The van der Waals surface area contributed by atoms with E-state index in [0.717, 1.165) is 45.6 Å². The molecule has 2 saturated heterocycles. The zero-order valence-electron chi connectivity index (χ0n) is 13.5. The van der Waals surface area contributed by atoms with E-state index >= 15 is 0 Å². The molecule has 1 spiro atoms. The van der Waals surface area contributed by atoms with Crippen molar-refractivity contribution in [2.75, 3.05) is 37.7 Å². The molecule has 0 bridgehead atoms. The number of piperidine rings is 1. The first-order chi connectivity index (χ1) is 11.7. The van der Waals surface area contributed by atoms with E-state index in [0.29, 0.717) is 12.6 Å². The number of aromatic nitrogens is 2. The molecule has 0 unspecified atom stereocenters. The summed E-state index contributed by atoms with van der Waals surface area (Å²) in [5.74, 6) is 0.197. The average Bonchev–Trinajstić information content (AvgIpc) is 3.11. The molecule has 0 aliphatic carbocycles. The van der Waals surface area contributed by atoms with Gasteiger partial charge in [-0.05, 0) is 35.2 Å². The molecule has 0 amide bonds. The number of likely N-dealkylation sites (tertiary alicyclic amines) is 1. The van der Waals surface area contributed by atoms with Crippen molar-refractivity contribution in [1.82, 2.24) is 14.9 Å². The van der Waals surface area contributed by atoms with Crippen LogP contribution in [-0.4, -0.2) is 53.3 Å². The molecule has 0 N–H and O–H groups in total. The molecule has 2 fully saturated rings. The maximum absolute atomic E-state index is 13.0. The number of thiophene rings is 1. The summed E-state index contributed by atoms with van der Waals surface area (Å²) in [4.78, 5) is 12.9. The monoisotopic (exact) mass is 348 g/mol. The van der Waals surface area contributed by atoms with Crippen LogP contribution >= 0.6 is 11.3 Å². The Morgan fingerprint density at radius 1 is 1.21 bits per heavy atom. The zero-order valence-corrected chi connectivity index (χ0v) is 14.3. The van der Waals surface area contributed by atoms with Gasteiger partial charge in [0.05, 0.1) is 31.1 Å². The third-order valence-electron chi connectivity index (χ3n) is 4.89. The van der Waals surface area contributed by atoms with Crippen molar-refractivity contribution in [3.63, 3.8) is 0 Å². The van der Waals surface area contributed by atoms with Crippen LogP contribution in [0.2, 0.25) is 0 Å². The van der Waals surface area contributed by atoms with Gasteiger partial charge in [0, 0.05) is 26.2 Å². The fraction of sp³-hybridized carbons (Fsp3) is 0.529. The number of anilines is 1. The van der Waals surface area contributed by atoms with Gasteiger partial charge in [0.25, 0.3) is 0 Å². The molecule has 0 radical (unpaired) electrons. The molecule has 2 aliphatic rings. The van der Waals surface area contributed by atoms with Crippen molar-refractivity contribution in [1.29, 1.82) is 0 Å². The number of halogens is 1. The molecule has 128 valence electrons. The Kier molecular flexibility index (Phi) is 4.47. The van der Waals surface area contributed by atoms with E-state index in [4.69, 9.17) is 4.74 Å². The Labute approximate surface area is 145 Å². The van der Waals surface area contributed by atoms with Crippen LogP contribution in [0.15, 0.2) is 29.2 Å². The van der Waals surface area contributed by atoms with Gasteiger partial charge in [0.15, 0.2) is 5.82 Å². The zero-order chi connectivity index (χ0) is 16.4. The topological polar surface area (TPSA) is 41.5 Å². The van der Waals surface area contributed by atoms with Crippen molar-refractivity contribution >= 4 is 17.3 Å². The molecule has 4 heterocycles. The Balaban J connectivity index is 1.38. The number of nitrogens with zero attached hydrogens (tertiary/aromatic N) is 4. The number of morpholine rings is 1. The van der Waals surface area contributed by atoms with Crippen molar-refractivity contribution in [2.24, 2.45) is 0 Å². The van der Waals surface area contributed by atoms with Gasteiger partial charge in [0.1, 0.15) is 0 Å². The van der Waals surface area contributed by atoms with Crippen LogP contribution in [0.1, 0.15) is 18.4 Å². The third-order valence-corrected chi connectivity index (χ3v) is 5.62. The van der Waals surface area contributed by atoms with Crippen LogP contribution < -0.4 is 4.90 Å². The van der Waals surface area contributed by atoms with Crippen LogP contribution in [0, 0.1) is 5.82 Å². The van der Waals surface area contributed by atoms with E-state index in [1.807, 2.05) is 0 Å². The second kappa shape index (κ2) is 6.74. The predicted octanol–water partition coefficient (Wildman–Crippen LogP) is 2.55. The number of rotatable bonds is 3. The average molecular weight is 348 g/mol. The standard InChI is InChI=1S/C17H21FN4OS/c18-15-9-19-16(20-10-15)22-6-7-23-17(13-22)2-4-21(5-3-17)11-14-1-8-24-12-14/h1,8-10,12H,2-7,11,13H2. The lowest BCUT2D eigenvalue weighted by molar-refractivity contribution is -0.0924. The number of hydrogen-bond acceptors (Lipinski definition) is 6. The molecule has 2 aromatic heterocycles. The van der Waals surface area contributed by atoms with Crippen molar-refractivity contribution in [3.05, 3.63) is 40.6 Å². The first kappa shape index (κ1) is 15.9. The third kappa shape index (κ3) is 3.43. The van der Waals surface area contributed by atoms with Gasteiger partial charge in [-0.3, -0.25) is 4.90 Å². The molecule has 0 saturated carbocycles. The van der Waals surface area contributed by atoms with Crippen LogP contribution in [0.3, 0.4) is 0 Å². The molecule has 7 heteroatoms. The lowest BCUT2D eigenvalue weighted by Crippen LogP contribution is -2.57. The summed E-state index contributed by atoms with van der Waals surface area (Å²) in [6.45, 7) is 5.30. The molecule has 2 aliphatic heterocycles. The summed E-state index contributed by atoms with van der Waals surface area (Å²) < 4.78 is 19.2. The van der Waals surface area contributed by atoms with E-state index in [-0.39, 0.29) is 5.60 Å². The Morgan fingerprint density at radius 2 is 2.00 bits per heavy atom. The van der Waals surface area contributed by atoms with E-state index < -0.39 is 5.82 Å². The Hall–Kier alpha value is -1.57. The second-order valence-electron chi connectivity index (χ2n) is 6.56. The maximum atomic E-state index is 13.0. The molecule has 0 atom stereocenters. The summed E-state index contributed by atoms with van der Waals surface area (Å²) in [6.07, 6.45) is 4.48. The minimum atomic E-state index is -0.400. The van der Waals surface area contributed by atoms with E-state index in [1.54, 1.807) is 11.3 Å². The van der Waals surface area contributed by atoms with Crippen molar-refractivity contribution in [2.45, 2.75) is 25.0 Å². The normalized spacial score (nSPS) is 21.3. The van der Waals surface area contributed by atoms with Gasteiger partial charge < -0.3 is 9.64 Å². The summed E-state index contributed by atoms with van der Waals surface area (Å²) >= 11 is 1.75. The quantitative estimate of drug-likeness (QED) is 0.853. The second-order valence-corrected chi connectivity index (χ2v) is 7.34. The van der Waals surface area contributed by atoms with Crippen molar-refractivity contribution in [3.8, 4) is 0 Å². The molecular formula is C17H21FN4OS. The van der Waals surface area contributed by atoms with Crippen molar-refractivity contribution < 1.29 is 9.13 Å². The summed E-state index contributed by atoms with van der Waals surface area (Å²) in [5, 5.41) is 4.35. The minimum absolute atomic E-state index is 0.124. The molecule has 4 rings (SSSR count). The predicted molar refractivity (Wildman–Crippen MR) is 91.7 cm³/mol. The summed E-state index contributed by atoms with van der Waals surface area (Å²) in [7, 11) is 0. The SMILES string of the molecule is Fc1cnc(N2CCOC3(CCN(Cc4ccsc4)CC3)C2)nc1. The first-order valence-corrected chi connectivity index (χ1v) is 9.27.